The van der Waals surface area contributed by atoms with Crippen LogP contribution in [0.4, 0.5) is 16.3 Å². The number of urea groups is 1. The minimum Gasteiger partial charge on any atom is -0.376 e. The number of hydrogen-bond donors (Lipinski definition) is 2. The summed E-state index contributed by atoms with van der Waals surface area (Å²) in [5.41, 5.74) is 3.18. The van der Waals surface area contributed by atoms with Crippen molar-refractivity contribution >= 4 is 17.5 Å². The predicted octanol–water partition coefficient (Wildman–Crippen LogP) is 1.84. The van der Waals surface area contributed by atoms with E-state index in [1.54, 1.807) is 0 Å². The average molecular weight is 331 g/mol. The summed E-state index contributed by atoms with van der Waals surface area (Å²) in [6.45, 7) is 3.31. The van der Waals surface area contributed by atoms with Gasteiger partial charge in [0.05, 0.1) is 25.4 Å². The minimum absolute atomic E-state index is 0.282. The van der Waals surface area contributed by atoms with E-state index in [0.717, 1.165) is 23.4 Å². The van der Waals surface area contributed by atoms with E-state index in [1.807, 2.05) is 38.1 Å². The zero-order valence-electron chi connectivity index (χ0n) is 14.0. The molecule has 3 heterocycles. The Morgan fingerprint density at radius 2 is 2.21 bits per heavy atom. The Kier molecular flexibility index (Phi) is 4.66. The summed E-state index contributed by atoms with van der Waals surface area (Å²) >= 11 is 0. The second kappa shape index (κ2) is 6.88. The van der Waals surface area contributed by atoms with Gasteiger partial charge in [-0.15, -0.1) is 0 Å². The number of aryl methyl sites for hydroxylation is 1. The van der Waals surface area contributed by atoms with Gasteiger partial charge in [-0.05, 0) is 19.1 Å². The summed E-state index contributed by atoms with van der Waals surface area (Å²) in [5, 5.41) is 9.62. The van der Waals surface area contributed by atoms with Crippen LogP contribution in [0.1, 0.15) is 22.7 Å². The van der Waals surface area contributed by atoms with E-state index in [4.69, 9.17) is 9.26 Å². The lowest BCUT2D eigenvalue weighted by molar-refractivity contribution is 0.102. The largest absolute Gasteiger partial charge is 0.376 e. The zero-order valence-corrected chi connectivity index (χ0v) is 14.0. The molecule has 2 aromatic heterocycles. The van der Waals surface area contributed by atoms with E-state index < -0.39 is 0 Å². The Labute approximate surface area is 140 Å². The third-order valence-electron chi connectivity index (χ3n) is 3.77. The minimum atomic E-state index is -0.322. The van der Waals surface area contributed by atoms with Gasteiger partial charge in [-0.2, -0.15) is 0 Å². The fourth-order valence-corrected chi connectivity index (χ4v) is 2.53. The van der Waals surface area contributed by atoms with E-state index >= 15 is 0 Å². The molecule has 8 heteroatoms. The number of aromatic nitrogens is 2. The highest BCUT2D eigenvalue weighted by Crippen LogP contribution is 2.22. The number of pyridine rings is 1. The summed E-state index contributed by atoms with van der Waals surface area (Å²) in [6, 6.07) is 3.37. The molecule has 0 saturated carbocycles. The molecule has 0 spiro atoms. The number of ether oxygens (including phenoxy) is 1. The van der Waals surface area contributed by atoms with Gasteiger partial charge in [-0.1, -0.05) is 5.16 Å². The first-order valence-electron chi connectivity index (χ1n) is 7.78. The monoisotopic (exact) mass is 331 g/mol. The molecule has 0 saturated heterocycles. The second-order valence-corrected chi connectivity index (χ2v) is 5.86. The van der Waals surface area contributed by atoms with Crippen molar-refractivity contribution in [1.82, 2.24) is 15.5 Å². The van der Waals surface area contributed by atoms with Gasteiger partial charge in [0.25, 0.3) is 0 Å². The first kappa shape index (κ1) is 16.3. The maximum absolute atomic E-state index is 12.2. The summed E-state index contributed by atoms with van der Waals surface area (Å²) in [5.74, 6) is 1.55. The van der Waals surface area contributed by atoms with Gasteiger partial charge >= 0.3 is 6.03 Å². The van der Waals surface area contributed by atoms with Crippen LogP contribution in [0.5, 0.6) is 0 Å². The van der Waals surface area contributed by atoms with Crippen molar-refractivity contribution < 1.29 is 14.1 Å². The molecule has 2 amide bonds. The second-order valence-electron chi connectivity index (χ2n) is 5.86. The van der Waals surface area contributed by atoms with Crippen molar-refractivity contribution in [2.24, 2.45) is 0 Å². The molecule has 24 heavy (non-hydrogen) atoms. The number of nitrogens with one attached hydrogen (secondary N) is 2. The predicted molar refractivity (Wildman–Crippen MR) is 89.0 cm³/mol. The third-order valence-corrected chi connectivity index (χ3v) is 3.77. The molecule has 8 nitrogen and oxygen atoms in total. The Morgan fingerprint density at radius 1 is 1.38 bits per heavy atom. The summed E-state index contributed by atoms with van der Waals surface area (Å²) in [7, 11) is 3.76. The first-order chi connectivity index (χ1) is 11.5. The molecule has 0 aromatic carbocycles. The molecule has 1 aliphatic heterocycles. The SMILES string of the molecule is Cc1ccc(NC(=O)NCc2noc3c2COCC3)c(N(C)C)n1. The number of hydrogen-bond acceptors (Lipinski definition) is 6. The number of fused-ring (bicyclic) bond motifs is 1. The van der Waals surface area contributed by atoms with Crippen LogP contribution in [0.3, 0.4) is 0 Å². The van der Waals surface area contributed by atoms with E-state index in [2.05, 4.69) is 20.8 Å². The van der Waals surface area contributed by atoms with Crippen molar-refractivity contribution in [2.75, 3.05) is 30.9 Å². The van der Waals surface area contributed by atoms with Crippen molar-refractivity contribution in [3.8, 4) is 0 Å². The molecule has 0 bridgehead atoms. The van der Waals surface area contributed by atoms with Gasteiger partial charge in [-0.3, -0.25) is 0 Å². The number of rotatable bonds is 4. The van der Waals surface area contributed by atoms with Crippen LogP contribution in [0.2, 0.25) is 0 Å². The van der Waals surface area contributed by atoms with E-state index in [0.29, 0.717) is 30.4 Å². The Bertz CT molecular complexity index is 741. The van der Waals surface area contributed by atoms with E-state index in [9.17, 15) is 4.79 Å². The highest BCUT2D eigenvalue weighted by Gasteiger charge is 2.20. The fourth-order valence-electron chi connectivity index (χ4n) is 2.53. The third kappa shape index (κ3) is 3.48. The zero-order chi connectivity index (χ0) is 17.1. The Morgan fingerprint density at radius 3 is 3.00 bits per heavy atom. The topological polar surface area (TPSA) is 92.5 Å². The number of carbonyl (C=O) groups excluding carboxylic acids is 1. The lowest BCUT2D eigenvalue weighted by atomic mass is 10.1. The number of anilines is 2. The summed E-state index contributed by atoms with van der Waals surface area (Å²) < 4.78 is 10.7. The van der Waals surface area contributed by atoms with Gasteiger partial charge in [0.1, 0.15) is 11.5 Å². The Hall–Kier alpha value is -2.61. The van der Waals surface area contributed by atoms with Crippen LogP contribution in [-0.2, 0) is 24.3 Å². The molecule has 0 fully saturated rings. The highest BCUT2D eigenvalue weighted by atomic mass is 16.5. The smallest absolute Gasteiger partial charge is 0.319 e. The molecule has 3 rings (SSSR count). The number of amides is 2. The molecule has 0 aliphatic carbocycles. The molecule has 0 atom stereocenters. The van der Waals surface area contributed by atoms with Crippen molar-refractivity contribution in [3.63, 3.8) is 0 Å². The molecule has 2 aromatic rings. The van der Waals surface area contributed by atoms with E-state index in [1.165, 1.54) is 0 Å². The molecule has 0 radical (unpaired) electrons. The van der Waals surface area contributed by atoms with Crippen LogP contribution < -0.4 is 15.5 Å². The average Bonchev–Trinajstić information content (AvgIpc) is 2.97. The van der Waals surface area contributed by atoms with Crippen LogP contribution in [0.15, 0.2) is 16.7 Å². The summed E-state index contributed by atoms with van der Waals surface area (Å²) in [4.78, 5) is 18.5. The number of carbonyl (C=O) groups is 1. The number of nitrogens with zero attached hydrogens (tertiary/aromatic N) is 3. The van der Waals surface area contributed by atoms with Gasteiger partial charge in [0.15, 0.2) is 5.82 Å². The van der Waals surface area contributed by atoms with Gasteiger partial charge in [-0.25, -0.2) is 9.78 Å². The quantitative estimate of drug-likeness (QED) is 0.888. The first-order valence-corrected chi connectivity index (χ1v) is 7.78. The van der Waals surface area contributed by atoms with Crippen LogP contribution in [-0.4, -0.2) is 36.9 Å². The molecule has 128 valence electrons. The highest BCUT2D eigenvalue weighted by molar-refractivity contribution is 5.92. The van der Waals surface area contributed by atoms with Crippen molar-refractivity contribution in [3.05, 3.63) is 34.8 Å². The lowest BCUT2D eigenvalue weighted by Crippen LogP contribution is -2.30. The van der Waals surface area contributed by atoms with Gasteiger partial charge in [0.2, 0.25) is 0 Å². The van der Waals surface area contributed by atoms with Gasteiger partial charge < -0.3 is 24.8 Å². The molecule has 0 unspecified atom stereocenters. The van der Waals surface area contributed by atoms with Crippen LogP contribution in [0, 0.1) is 6.92 Å². The molecular formula is C16H21N5O3. The van der Waals surface area contributed by atoms with Gasteiger partial charge in [0, 0.05) is 31.8 Å². The Balaban J connectivity index is 1.63. The summed E-state index contributed by atoms with van der Waals surface area (Å²) in [6.07, 6.45) is 0.718. The normalized spacial score (nSPS) is 13.3. The standard InChI is InChI=1S/C16H21N5O3/c1-10-4-5-12(15(18-10)21(2)3)19-16(22)17-8-13-11-9-23-7-6-14(11)24-20-13/h4-5H,6-9H2,1-3H3,(H2,17,19,22). The maximum atomic E-state index is 12.2. The van der Waals surface area contributed by atoms with Crippen molar-refractivity contribution in [1.29, 1.82) is 0 Å². The van der Waals surface area contributed by atoms with E-state index in [-0.39, 0.29) is 12.6 Å². The van der Waals surface area contributed by atoms with Crippen LogP contribution >= 0.6 is 0 Å². The molecule has 2 N–H and O–H groups in total. The lowest BCUT2D eigenvalue weighted by Gasteiger charge is -2.17. The molecule has 1 aliphatic rings. The van der Waals surface area contributed by atoms with Crippen LogP contribution in [0.25, 0.3) is 0 Å². The maximum Gasteiger partial charge on any atom is 0.319 e. The molecular weight excluding hydrogens is 310 g/mol. The fraction of sp³-hybridized carbons (Fsp3) is 0.438. The van der Waals surface area contributed by atoms with Crippen molar-refractivity contribution in [2.45, 2.75) is 26.5 Å².